The monoisotopic (exact) mass is 288 g/mol. The van der Waals surface area contributed by atoms with Gasteiger partial charge in [0.05, 0.1) is 22.5 Å². The number of hydrogen-bond acceptors (Lipinski definition) is 4. The van der Waals surface area contributed by atoms with E-state index in [-0.39, 0.29) is 0 Å². The van der Waals surface area contributed by atoms with Gasteiger partial charge in [-0.15, -0.1) is 11.8 Å². The molecule has 1 saturated heterocycles. The molecule has 0 saturated carbocycles. The fraction of sp³-hybridized carbons (Fsp3) is 0.500. The minimum absolute atomic E-state index is 0.300. The van der Waals surface area contributed by atoms with Gasteiger partial charge < -0.3 is 10.5 Å². The number of aromatic nitrogens is 1. The summed E-state index contributed by atoms with van der Waals surface area (Å²) in [6.45, 7) is 2.96. The van der Waals surface area contributed by atoms with Crippen molar-refractivity contribution >= 4 is 33.4 Å². The van der Waals surface area contributed by atoms with Gasteiger partial charge in [0.1, 0.15) is 0 Å². The molecule has 1 aromatic rings. The molecule has 0 spiro atoms. The quantitative estimate of drug-likeness (QED) is 0.909. The fourth-order valence-electron chi connectivity index (χ4n) is 1.58. The second-order valence-corrected chi connectivity index (χ2v) is 5.66. The number of nitrogens with two attached hydrogens (primary N) is 1. The first-order chi connectivity index (χ1) is 7.18. The highest BCUT2D eigenvalue weighted by Crippen LogP contribution is 2.39. The lowest BCUT2D eigenvalue weighted by atomic mass is 10.3. The van der Waals surface area contributed by atoms with E-state index in [0.29, 0.717) is 11.4 Å². The molecule has 3 nitrogen and oxygen atoms in total. The van der Waals surface area contributed by atoms with E-state index in [4.69, 9.17) is 10.5 Å². The van der Waals surface area contributed by atoms with E-state index in [9.17, 15) is 0 Å². The summed E-state index contributed by atoms with van der Waals surface area (Å²) >= 11 is 5.25. The van der Waals surface area contributed by atoms with Crippen LogP contribution in [0, 0.1) is 0 Å². The summed E-state index contributed by atoms with van der Waals surface area (Å²) in [5.41, 5.74) is 6.62. The van der Waals surface area contributed by atoms with Crippen molar-refractivity contribution < 1.29 is 4.74 Å². The van der Waals surface area contributed by atoms with Crippen LogP contribution in [0.3, 0.4) is 0 Å². The van der Waals surface area contributed by atoms with E-state index in [0.717, 1.165) is 28.1 Å². The lowest BCUT2D eigenvalue weighted by molar-refractivity contribution is 0.127. The Morgan fingerprint density at radius 2 is 2.40 bits per heavy atom. The van der Waals surface area contributed by atoms with Gasteiger partial charge in [-0.25, -0.2) is 0 Å². The van der Waals surface area contributed by atoms with Gasteiger partial charge in [0.2, 0.25) is 0 Å². The van der Waals surface area contributed by atoms with Gasteiger partial charge in [0, 0.05) is 22.9 Å². The van der Waals surface area contributed by atoms with E-state index in [2.05, 4.69) is 27.8 Å². The highest BCUT2D eigenvalue weighted by Gasteiger charge is 2.26. The summed E-state index contributed by atoms with van der Waals surface area (Å²) < 4.78 is 6.49. The standard InChI is InChI=1S/C10H13BrN2OS/c1-6-9(2-3-14-6)15-10-7(11)4-13-5-8(10)12/h4-6,9H,2-3,12H2,1H3. The number of nitrogens with zero attached hydrogens (tertiary/aromatic N) is 1. The zero-order valence-electron chi connectivity index (χ0n) is 8.44. The van der Waals surface area contributed by atoms with Crippen LogP contribution in [-0.4, -0.2) is 22.9 Å². The fourth-order valence-corrected chi connectivity index (χ4v) is 3.35. The molecule has 2 heterocycles. The molecule has 2 unspecified atom stereocenters. The van der Waals surface area contributed by atoms with Gasteiger partial charge in [-0.2, -0.15) is 0 Å². The Morgan fingerprint density at radius 3 is 3.00 bits per heavy atom. The maximum Gasteiger partial charge on any atom is 0.0669 e. The molecule has 2 N–H and O–H groups in total. The zero-order valence-corrected chi connectivity index (χ0v) is 10.8. The van der Waals surface area contributed by atoms with E-state index >= 15 is 0 Å². The van der Waals surface area contributed by atoms with Crippen molar-refractivity contribution in [1.29, 1.82) is 0 Å². The van der Waals surface area contributed by atoms with Gasteiger partial charge in [-0.05, 0) is 29.3 Å². The molecule has 0 aliphatic carbocycles. The van der Waals surface area contributed by atoms with Crippen LogP contribution in [0.15, 0.2) is 21.8 Å². The van der Waals surface area contributed by atoms with Crippen molar-refractivity contribution in [2.75, 3.05) is 12.3 Å². The molecule has 2 atom stereocenters. The van der Waals surface area contributed by atoms with E-state index in [1.54, 1.807) is 24.2 Å². The van der Waals surface area contributed by atoms with Crippen molar-refractivity contribution in [3.8, 4) is 0 Å². The lowest BCUT2D eigenvalue weighted by Crippen LogP contribution is -2.13. The summed E-state index contributed by atoms with van der Waals surface area (Å²) in [6.07, 6.45) is 4.85. The van der Waals surface area contributed by atoms with Crippen LogP contribution in [0.4, 0.5) is 5.69 Å². The number of anilines is 1. The Balaban J connectivity index is 2.16. The Labute approximate surface area is 102 Å². The number of thioether (sulfide) groups is 1. The highest BCUT2D eigenvalue weighted by molar-refractivity contribution is 9.10. The topological polar surface area (TPSA) is 48.1 Å². The number of ether oxygens (including phenoxy) is 1. The summed E-state index contributed by atoms with van der Waals surface area (Å²) in [5.74, 6) is 0. The largest absolute Gasteiger partial charge is 0.397 e. The third kappa shape index (κ3) is 2.46. The summed E-state index contributed by atoms with van der Waals surface area (Å²) in [7, 11) is 0. The first kappa shape index (κ1) is 11.2. The minimum Gasteiger partial charge on any atom is -0.397 e. The van der Waals surface area contributed by atoms with E-state index < -0.39 is 0 Å². The highest BCUT2D eigenvalue weighted by atomic mass is 79.9. The predicted molar refractivity (Wildman–Crippen MR) is 66.0 cm³/mol. The molecule has 0 bridgehead atoms. The normalized spacial score (nSPS) is 25.7. The zero-order chi connectivity index (χ0) is 10.8. The summed E-state index contributed by atoms with van der Waals surface area (Å²) in [5, 5.41) is 0.492. The molecule has 1 aromatic heterocycles. The Bertz CT molecular complexity index is 341. The first-order valence-electron chi connectivity index (χ1n) is 4.85. The van der Waals surface area contributed by atoms with Crippen molar-refractivity contribution in [1.82, 2.24) is 4.98 Å². The first-order valence-corrected chi connectivity index (χ1v) is 6.53. The molecule has 1 fully saturated rings. The molecular formula is C10H13BrN2OS. The van der Waals surface area contributed by atoms with E-state index in [1.807, 2.05) is 0 Å². The average Bonchev–Trinajstić information content (AvgIpc) is 2.58. The van der Waals surface area contributed by atoms with Crippen molar-refractivity contribution in [2.24, 2.45) is 0 Å². The Hall–Kier alpha value is -0.260. The molecule has 15 heavy (non-hydrogen) atoms. The SMILES string of the molecule is CC1OCCC1Sc1c(N)cncc1Br. The predicted octanol–water partition coefficient (Wildman–Crippen LogP) is 2.70. The average molecular weight is 289 g/mol. The van der Waals surface area contributed by atoms with E-state index in [1.165, 1.54) is 0 Å². The molecular weight excluding hydrogens is 276 g/mol. The van der Waals surface area contributed by atoms with Gasteiger partial charge in [0.15, 0.2) is 0 Å². The Morgan fingerprint density at radius 1 is 1.60 bits per heavy atom. The van der Waals surface area contributed by atoms with Crippen molar-refractivity contribution in [3.05, 3.63) is 16.9 Å². The maximum absolute atomic E-state index is 5.89. The molecule has 5 heteroatoms. The van der Waals surface area contributed by atoms with Gasteiger partial charge in [0.25, 0.3) is 0 Å². The second kappa shape index (κ2) is 4.72. The van der Waals surface area contributed by atoms with Gasteiger partial charge in [-0.1, -0.05) is 0 Å². The van der Waals surface area contributed by atoms with Crippen LogP contribution < -0.4 is 5.73 Å². The minimum atomic E-state index is 0.300. The smallest absolute Gasteiger partial charge is 0.0669 e. The molecule has 1 aliphatic heterocycles. The third-order valence-corrected chi connectivity index (χ3v) is 4.93. The Kier molecular flexibility index (Phi) is 3.53. The molecule has 2 rings (SSSR count). The number of pyridine rings is 1. The molecule has 1 aliphatic rings. The van der Waals surface area contributed by atoms with Crippen LogP contribution in [0.25, 0.3) is 0 Å². The second-order valence-electron chi connectivity index (χ2n) is 3.56. The molecule has 0 amide bonds. The third-order valence-electron chi connectivity index (χ3n) is 2.46. The van der Waals surface area contributed by atoms with Crippen LogP contribution in [0.1, 0.15) is 13.3 Å². The van der Waals surface area contributed by atoms with Crippen LogP contribution in [0.5, 0.6) is 0 Å². The molecule has 0 radical (unpaired) electrons. The van der Waals surface area contributed by atoms with Crippen LogP contribution in [0.2, 0.25) is 0 Å². The number of nitrogen functional groups attached to an aromatic ring is 1. The lowest BCUT2D eigenvalue weighted by Gasteiger charge is -2.15. The number of halogens is 1. The summed E-state index contributed by atoms with van der Waals surface area (Å²) in [4.78, 5) is 5.10. The maximum atomic E-state index is 5.89. The van der Waals surface area contributed by atoms with Gasteiger partial charge in [-0.3, -0.25) is 4.98 Å². The number of rotatable bonds is 2. The molecule has 0 aromatic carbocycles. The van der Waals surface area contributed by atoms with Gasteiger partial charge >= 0.3 is 0 Å². The summed E-state index contributed by atoms with van der Waals surface area (Å²) in [6, 6.07) is 0. The number of hydrogen-bond donors (Lipinski definition) is 1. The van der Waals surface area contributed by atoms with Crippen molar-refractivity contribution in [3.63, 3.8) is 0 Å². The van der Waals surface area contributed by atoms with Crippen LogP contribution >= 0.6 is 27.7 Å². The van der Waals surface area contributed by atoms with Crippen LogP contribution in [-0.2, 0) is 4.74 Å². The molecule has 82 valence electrons. The van der Waals surface area contributed by atoms with Crippen molar-refractivity contribution in [2.45, 2.75) is 29.6 Å².